The number of sulfonamides is 1. The van der Waals surface area contributed by atoms with Crippen LogP contribution in [0.25, 0.3) is 0 Å². The molecule has 1 aromatic carbocycles. The Bertz CT molecular complexity index is 827. The molecule has 7 heteroatoms. The maximum absolute atomic E-state index is 12.7. The van der Waals surface area contributed by atoms with Gasteiger partial charge in [-0.05, 0) is 24.5 Å². The van der Waals surface area contributed by atoms with E-state index in [-0.39, 0.29) is 0 Å². The van der Waals surface area contributed by atoms with E-state index >= 15 is 0 Å². The van der Waals surface area contributed by atoms with Crippen LogP contribution in [-0.2, 0) is 23.1 Å². The van der Waals surface area contributed by atoms with Gasteiger partial charge in [0.25, 0.3) is 5.82 Å². The Balaban J connectivity index is 1.59. The van der Waals surface area contributed by atoms with Gasteiger partial charge in [-0.15, -0.1) is 0 Å². The smallest absolute Gasteiger partial charge is 0.272 e. The lowest BCUT2D eigenvalue weighted by molar-refractivity contribution is -0.872. The van der Waals surface area contributed by atoms with Crippen molar-refractivity contribution in [2.24, 2.45) is 0 Å². The fourth-order valence-electron chi connectivity index (χ4n) is 3.32. The molecule has 0 bridgehead atoms. The average Bonchev–Trinajstić information content (AvgIpc) is 2.68. The molecule has 1 aliphatic rings. The van der Waals surface area contributed by atoms with E-state index in [9.17, 15) is 8.42 Å². The Morgan fingerprint density at radius 1 is 1.00 bits per heavy atom. The Morgan fingerprint density at radius 3 is 2.26 bits per heavy atom. The molecule has 0 saturated carbocycles. The van der Waals surface area contributed by atoms with E-state index in [1.54, 1.807) is 22.6 Å². The first-order valence-electron chi connectivity index (χ1n) is 9.58. The fraction of sp³-hybridized carbons (Fsp3) is 0.450. The highest BCUT2D eigenvalue weighted by atomic mass is 32.2. The van der Waals surface area contributed by atoms with E-state index < -0.39 is 10.0 Å². The van der Waals surface area contributed by atoms with Gasteiger partial charge in [0.1, 0.15) is 24.2 Å². The third kappa shape index (κ3) is 5.28. The lowest BCUT2D eigenvalue weighted by Crippen LogP contribution is -3.04. The van der Waals surface area contributed by atoms with Crippen molar-refractivity contribution in [2.45, 2.75) is 37.2 Å². The van der Waals surface area contributed by atoms with Gasteiger partial charge >= 0.3 is 0 Å². The number of piperidine rings is 1. The third-order valence-electron chi connectivity index (χ3n) is 4.80. The number of benzene rings is 1. The number of aromatic amines is 1. The van der Waals surface area contributed by atoms with Gasteiger partial charge in [-0.2, -0.15) is 4.31 Å². The molecule has 1 aromatic heterocycles. The van der Waals surface area contributed by atoms with Gasteiger partial charge < -0.3 is 4.90 Å². The highest BCUT2D eigenvalue weighted by molar-refractivity contribution is 7.89. The van der Waals surface area contributed by atoms with Crippen LogP contribution in [-0.4, -0.2) is 39.9 Å². The fourth-order valence-corrected chi connectivity index (χ4v) is 4.80. The van der Waals surface area contributed by atoms with E-state index in [1.807, 2.05) is 0 Å². The summed E-state index contributed by atoms with van der Waals surface area (Å²) in [6.07, 6.45) is 4.57. The van der Waals surface area contributed by atoms with Crippen LogP contribution in [0.5, 0.6) is 0 Å². The molecule has 0 atom stereocenters. The molecule has 6 nitrogen and oxygen atoms in total. The molecule has 27 heavy (non-hydrogen) atoms. The van der Waals surface area contributed by atoms with Crippen LogP contribution >= 0.6 is 0 Å². The highest BCUT2D eigenvalue weighted by Crippen LogP contribution is 2.19. The molecule has 1 fully saturated rings. The minimum Gasteiger partial charge on any atom is -0.336 e. The van der Waals surface area contributed by atoms with E-state index in [2.05, 4.69) is 48.7 Å². The van der Waals surface area contributed by atoms with Crippen LogP contribution in [0, 0.1) is 0 Å². The first-order valence-corrected chi connectivity index (χ1v) is 11.0. The lowest BCUT2D eigenvalue weighted by Gasteiger charge is -2.25. The quantitative estimate of drug-likeness (QED) is 0.739. The number of hydrogen-bond donors (Lipinski definition) is 2. The molecular weight excluding hydrogens is 360 g/mol. The summed E-state index contributed by atoms with van der Waals surface area (Å²) in [5, 5.41) is 3.31. The summed E-state index contributed by atoms with van der Waals surface area (Å²) >= 11 is 0. The summed E-state index contributed by atoms with van der Waals surface area (Å²) in [5.41, 5.74) is 2.50. The number of hydrogen-bond acceptors (Lipinski definition) is 3. The number of anilines is 1. The summed E-state index contributed by atoms with van der Waals surface area (Å²) in [4.78, 5) is 4.79. The van der Waals surface area contributed by atoms with E-state index in [1.165, 1.54) is 16.0 Å². The molecule has 3 rings (SSSR count). The second kappa shape index (κ2) is 8.82. The third-order valence-corrected chi connectivity index (χ3v) is 6.70. The molecule has 2 heterocycles. The molecule has 0 radical (unpaired) electrons. The summed E-state index contributed by atoms with van der Waals surface area (Å²) in [7, 11) is 0.890. The molecule has 0 amide bonds. The van der Waals surface area contributed by atoms with E-state index in [0.29, 0.717) is 24.5 Å². The largest absolute Gasteiger partial charge is 0.336 e. The molecule has 0 spiro atoms. The maximum Gasteiger partial charge on any atom is 0.272 e. The van der Waals surface area contributed by atoms with Crippen LogP contribution in [0.4, 0.5) is 5.82 Å². The number of rotatable bonds is 7. The number of nitrogens with zero attached hydrogens (tertiary/aromatic N) is 1. The SMILES string of the molecule is C[NH+](C)Cc1ccc(CNc2ccc(S(=O)(=O)N3CCCCC3)c[nH+]2)cc1. The van der Waals surface area contributed by atoms with Crippen molar-refractivity contribution in [3.8, 4) is 0 Å². The van der Waals surface area contributed by atoms with Crippen LogP contribution in [0.1, 0.15) is 30.4 Å². The Kier molecular flexibility index (Phi) is 6.46. The van der Waals surface area contributed by atoms with Crippen molar-refractivity contribution in [3.63, 3.8) is 0 Å². The number of nitrogens with one attached hydrogen (secondary N) is 3. The number of quaternary nitrogens is 1. The summed E-state index contributed by atoms with van der Waals surface area (Å²) in [5.74, 6) is 0.800. The maximum atomic E-state index is 12.7. The van der Waals surface area contributed by atoms with Crippen molar-refractivity contribution in [2.75, 3.05) is 32.5 Å². The van der Waals surface area contributed by atoms with Crippen molar-refractivity contribution in [1.29, 1.82) is 0 Å². The van der Waals surface area contributed by atoms with Crippen molar-refractivity contribution >= 4 is 15.8 Å². The topological polar surface area (TPSA) is 68.0 Å². The minimum atomic E-state index is -3.39. The minimum absolute atomic E-state index is 0.325. The van der Waals surface area contributed by atoms with Gasteiger partial charge in [0.2, 0.25) is 10.0 Å². The Labute approximate surface area is 162 Å². The summed E-state index contributed by atoms with van der Waals surface area (Å²) in [6.45, 7) is 2.93. The highest BCUT2D eigenvalue weighted by Gasteiger charge is 2.26. The van der Waals surface area contributed by atoms with Gasteiger partial charge in [-0.1, -0.05) is 30.7 Å². The molecule has 0 unspecified atom stereocenters. The van der Waals surface area contributed by atoms with Crippen molar-refractivity contribution in [3.05, 3.63) is 53.7 Å². The van der Waals surface area contributed by atoms with E-state index in [4.69, 9.17) is 0 Å². The molecular formula is C20H30N4O2S+2. The van der Waals surface area contributed by atoms with Gasteiger partial charge in [0, 0.05) is 24.7 Å². The second-order valence-corrected chi connectivity index (χ2v) is 9.39. The van der Waals surface area contributed by atoms with Gasteiger partial charge in [0.15, 0.2) is 0 Å². The number of H-pyrrole nitrogens is 1. The molecule has 146 valence electrons. The van der Waals surface area contributed by atoms with Crippen LogP contribution in [0.3, 0.4) is 0 Å². The van der Waals surface area contributed by atoms with E-state index in [0.717, 1.165) is 31.6 Å². The monoisotopic (exact) mass is 390 g/mol. The standard InChI is InChI=1S/C20H28N4O2S/c1-23(2)16-18-8-6-17(7-9-18)14-21-20-11-10-19(15-22-20)27(25,26)24-12-4-3-5-13-24/h6-11,15H,3-5,12-14,16H2,1-2H3,(H,21,22)/p+2. The van der Waals surface area contributed by atoms with Crippen LogP contribution in [0.15, 0.2) is 47.5 Å². The molecule has 0 aliphatic carbocycles. The second-order valence-electron chi connectivity index (χ2n) is 7.46. The average molecular weight is 391 g/mol. The molecule has 1 aliphatic heterocycles. The Morgan fingerprint density at radius 2 is 1.67 bits per heavy atom. The zero-order valence-electron chi connectivity index (χ0n) is 16.2. The van der Waals surface area contributed by atoms with Crippen molar-refractivity contribution in [1.82, 2.24) is 4.31 Å². The zero-order valence-corrected chi connectivity index (χ0v) is 17.0. The van der Waals surface area contributed by atoms with Crippen LogP contribution in [0.2, 0.25) is 0 Å². The molecule has 3 N–H and O–H groups in total. The Hall–Kier alpha value is -1.96. The molecule has 1 saturated heterocycles. The first-order chi connectivity index (χ1) is 12.9. The van der Waals surface area contributed by atoms with Gasteiger partial charge in [-0.3, -0.25) is 5.32 Å². The van der Waals surface area contributed by atoms with Gasteiger partial charge in [0.05, 0.1) is 14.1 Å². The number of aromatic nitrogens is 1. The summed E-state index contributed by atoms with van der Waals surface area (Å²) in [6, 6.07) is 12.0. The van der Waals surface area contributed by atoms with Crippen molar-refractivity contribution < 1.29 is 18.3 Å². The predicted molar refractivity (Wildman–Crippen MR) is 106 cm³/mol. The zero-order chi connectivity index (χ0) is 19.3. The van der Waals surface area contributed by atoms with Crippen LogP contribution < -0.4 is 15.2 Å². The normalized spacial score (nSPS) is 15.8. The number of pyridine rings is 1. The predicted octanol–water partition coefficient (Wildman–Crippen LogP) is 0.932. The molecule has 2 aromatic rings. The summed E-state index contributed by atoms with van der Waals surface area (Å²) < 4.78 is 26.9. The first kappa shape index (κ1) is 19.8. The van der Waals surface area contributed by atoms with Gasteiger partial charge in [-0.25, -0.2) is 13.4 Å². The lowest BCUT2D eigenvalue weighted by atomic mass is 10.1.